The van der Waals surface area contributed by atoms with Gasteiger partial charge in [-0.15, -0.1) is 0 Å². The van der Waals surface area contributed by atoms with Gasteiger partial charge in [0, 0.05) is 43.2 Å². The van der Waals surface area contributed by atoms with Crippen molar-refractivity contribution in [1.29, 1.82) is 0 Å². The van der Waals surface area contributed by atoms with Crippen LogP contribution in [-0.2, 0) is 0 Å². The average Bonchev–Trinajstić information content (AvgIpc) is 3.49. The molecule has 35 heavy (non-hydrogen) atoms. The second kappa shape index (κ2) is 8.75. The summed E-state index contributed by atoms with van der Waals surface area (Å²) in [6.45, 7) is 3.79. The predicted octanol–water partition coefficient (Wildman–Crippen LogP) is 0.869. The summed E-state index contributed by atoms with van der Waals surface area (Å²) in [7, 11) is 0. The van der Waals surface area contributed by atoms with Crippen molar-refractivity contribution < 1.29 is 5.11 Å². The van der Waals surface area contributed by atoms with Crippen LogP contribution in [0.1, 0.15) is 18.5 Å². The molecule has 0 atom stereocenters. The molecular formula is C23H24ClN9O2. The molecule has 12 heteroatoms. The number of aromatic amines is 2. The van der Waals surface area contributed by atoms with E-state index in [1.54, 1.807) is 16.8 Å². The minimum atomic E-state index is -0.496. The number of aromatic hydroxyl groups is 1. The Kier molecular flexibility index (Phi) is 5.42. The molecule has 180 valence electrons. The molecule has 0 radical (unpaired) electrons. The number of imidazole rings is 1. The Balaban J connectivity index is 1.40. The highest BCUT2D eigenvalue weighted by molar-refractivity contribution is 6.33. The molecular weight excluding hydrogens is 470 g/mol. The summed E-state index contributed by atoms with van der Waals surface area (Å²) in [6.07, 6.45) is 5.33. The molecule has 1 aliphatic heterocycles. The molecule has 0 spiro atoms. The van der Waals surface area contributed by atoms with Gasteiger partial charge in [-0.3, -0.25) is 9.98 Å². The zero-order chi connectivity index (χ0) is 23.9. The normalized spacial score (nSPS) is 17.5. The summed E-state index contributed by atoms with van der Waals surface area (Å²) >= 11 is 6.64. The fourth-order valence-corrected chi connectivity index (χ4v) is 4.35. The molecule has 2 aliphatic rings. The van der Waals surface area contributed by atoms with E-state index in [2.05, 4.69) is 36.7 Å². The molecule has 1 saturated carbocycles. The maximum absolute atomic E-state index is 11.5. The summed E-state index contributed by atoms with van der Waals surface area (Å²) in [6, 6.07) is 8.09. The minimum Gasteiger partial charge on any atom is -0.493 e. The highest BCUT2D eigenvalue weighted by Gasteiger charge is 2.20. The third-order valence-electron chi connectivity index (χ3n) is 6.07. The number of benzene rings is 1. The van der Waals surface area contributed by atoms with Crippen LogP contribution < -0.4 is 31.9 Å². The number of rotatable bonds is 5. The monoisotopic (exact) mass is 493 g/mol. The van der Waals surface area contributed by atoms with Crippen LogP contribution in [0.2, 0.25) is 5.02 Å². The molecule has 6 rings (SSSR count). The van der Waals surface area contributed by atoms with Gasteiger partial charge >= 0.3 is 5.69 Å². The maximum Gasteiger partial charge on any atom is 0.326 e. The standard InChI is InChI=1S/C23H24ClN9O2/c24-16-10-15(32-7-5-25-6-8-32)3-4-17(16)28-19-11-20(27-14-1-2-14)33-21(30-19)13(12-26-33)9-18-22(34)31-23(35)29-18/h3-4,9-12,14,25,28,34H,1-2,5-8H2,(H2,29,31,35). The van der Waals surface area contributed by atoms with Crippen LogP contribution in [0.4, 0.5) is 17.2 Å². The first-order valence-electron chi connectivity index (χ1n) is 11.5. The number of piperazine rings is 1. The van der Waals surface area contributed by atoms with Crippen molar-refractivity contribution in [2.45, 2.75) is 18.9 Å². The van der Waals surface area contributed by atoms with E-state index in [-0.39, 0.29) is 17.6 Å². The van der Waals surface area contributed by atoms with E-state index in [1.165, 1.54) is 0 Å². The van der Waals surface area contributed by atoms with Crippen molar-refractivity contribution in [3.05, 3.63) is 62.4 Å². The summed E-state index contributed by atoms with van der Waals surface area (Å²) in [5.41, 5.74) is 2.77. The number of fused-ring (bicyclic) bond motifs is 1. The Morgan fingerprint density at radius 1 is 1.20 bits per heavy atom. The number of aromatic nitrogens is 5. The highest BCUT2D eigenvalue weighted by Crippen LogP contribution is 2.29. The van der Waals surface area contributed by atoms with Gasteiger partial charge < -0.3 is 25.6 Å². The van der Waals surface area contributed by atoms with Gasteiger partial charge in [-0.1, -0.05) is 11.6 Å². The lowest BCUT2D eigenvalue weighted by Gasteiger charge is -2.29. The summed E-state index contributed by atoms with van der Waals surface area (Å²) in [5.74, 6) is 0.318. The Labute approximate surface area is 204 Å². The van der Waals surface area contributed by atoms with Gasteiger partial charge in [0.1, 0.15) is 11.5 Å². The maximum atomic E-state index is 11.5. The lowest BCUT2D eigenvalue weighted by atomic mass is 10.2. The molecule has 5 N–H and O–H groups in total. The van der Waals surface area contributed by atoms with Crippen LogP contribution in [0.3, 0.4) is 0 Å². The van der Waals surface area contributed by atoms with Gasteiger partial charge in [0.25, 0.3) is 0 Å². The van der Waals surface area contributed by atoms with Crippen molar-refractivity contribution >= 4 is 40.5 Å². The molecule has 1 aliphatic carbocycles. The van der Waals surface area contributed by atoms with Crippen molar-refractivity contribution in [2.75, 3.05) is 36.4 Å². The number of anilines is 3. The fraction of sp³-hybridized carbons (Fsp3) is 0.304. The second-order valence-electron chi connectivity index (χ2n) is 8.71. The SMILES string of the molecule is O=c1[nH]c(O)c(C=c2cnn3c(=NC4CC4)cc(Nc4ccc(N5CCNCC5)cc4Cl)nc23)[nH]1. The molecule has 0 amide bonds. The topological polar surface area (TPSA) is 139 Å². The number of hydrogen-bond donors (Lipinski definition) is 5. The molecule has 4 aromatic rings. The molecule has 11 nitrogen and oxygen atoms in total. The first-order chi connectivity index (χ1) is 17.0. The van der Waals surface area contributed by atoms with Gasteiger partial charge in [-0.05, 0) is 37.1 Å². The molecule has 4 heterocycles. The first kappa shape index (κ1) is 21.7. The van der Waals surface area contributed by atoms with E-state index in [0.29, 0.717) is 27.2 Å². The van der Waals surface area contributed by atoms with Crippen LogP contribution in [0.5, 0.6) is 5.88 Å². The van der Waals surface area contributed by atoms with Crippen molar-refractivity contribution in [3.63, 3.8) is 0 Å². The second-order valence-corrected chi connectivity index (χ2v) is 9.11. The van der Waals surface area contributed by atoms with Crippen molar-refractivity contribution in [3.8, 4) is 5.88 Å². The molecule has 1 saturated heterocycles. The average molecular weight is 494 g/mol. The van der Waals surface area contributed by atoms with E-state index < -0.39 is 5.69 Å². The fourth-order valence-electron chi connectivity index (χ4n) is 4.12. The van der Waals surface area contributed by atoms with Gasteiger partial charge in [0.2, 0.25) is 5.88 Å². The van der Waals surface area contributed by atoms with Gasteiger partial charge in [0.05, 0.1) is 22.9 Å². The quantitative estimate of drug-likeness (QED) is 0.278. The predicted molar refractivity (Wildman–Crippen MR) is 133 cm³/mol. The summed E-state index contributed by atoms with van der Waals surface area (Å²) < 4.78 is 1.66. The lowest BCUT2D eigenvalue weighted by Crippen LogP contribution is -2.43. The van der Waals surface area contributed by atoms with E-state index in [0.717, 1.165) is 50.4 Å². The molecule has 3 aromatic heterocycles. The number of hydrogen-bond acceptors (Lipinski definition) is 8. The Bertz CT molecular complexity index is 1580. The molecule has 2 fully saturated rings. The van der Waals surface area contributed by atoms with Gasteiger partial charge in [-0.2, -0.15) is 9.61 Å². The first-order valence-corrected chi connectivity index (χ1v) is 11.9. The zero-order valence-electron chi connectivity index (χ0n) is 18.8. The Morgan fingerprint density at radius 3 is 2.74 bits per heavy atom. The summed E-state index contributed by atoms with van der Waals surface area (Å²) in [5, 5.41) is 22.3. The molecule has 0 unspecified atom stereocenters. The molecule has 0 bridgehead atoms. The number of halogens is 1. The van der Waals surface area contributed by atoms with Crippen molar-refractivity contribution in [2.24, 2.45) is 4.99 Å². The number of nitrogens with zero attached hydrogens (tertiary/aromatic N) is 5. The minimum absolute atomic E-state index is 0.247. The van der Waals surface area contributed by atoms with Crippen LogP contribution >= 0.6 is 11.6 Å². The third-order valence-corrected chi connectivity index (χ3v) is 6.39. The smallest absolute Gasteiger partial charge is 0.326 e. The zero-order valence-corrected chi connectivity index (χ0v) is 19.5. The van der Waals surface area contributed by atoms with Gasteiger partial charge in [0.15, 0.2) is 11.1 Å². The van der Waals surface area contributed by atoms with Crippen molar-refractivity contribution in [1.82, 2.24) is 29.9 Å². The van der Waals surface area contributed by atoms with E-state index in [4.69, 9.17) is 21.6 Å². The third kappa shape index (κ3) is 4.47. The van der Waals surface area contributed by atoms with Crippen LogP contribution in [-0.4, -0.2) is 61.9 Å². The number of nitrogens with one attached hydrogen (secondary N) is 4. The summed E-state index contributed by atoms with van der Waals surface area (Å²) in [4.78, 5) is 28.2. The van der Waals surface area contributed by atoms with E-state index in [9.17, 15) is 9.90 Å². The van der Waals surface area contributed by atoms with E-state index >= 15 is 0 Å². The largest absolute Gasteiger partial charge is 0.493 e. The Hall–Kier alpha value is -3.83. The molecule has 1 aromatic carbocycles. The van der Waals surface area contributed by atoms with Crippen LogP contribution in [0.15, 0.2) is 40.2 Å². The van der Waals surface area contributed by atoms with Crippen LogP contribution in [0, 0.1) is 0 Å². The Morgan fingerprint density at radius 2 is 2.03 bits per heavy atom. The highest BCUT2D eigenvalue weighted by atomic mass is 35.5. The van der Waals surface area contributed by atoms with Crippen LogP contribution in [0.25, 0.3) is 11.7 Å². The van der Waals surface area contributed by atoms with Gasteiger partial charge in [-0.25, -0.2) is 9.78 Å². The van der Waals surface area contributed by atoms with E-state index in [1.807, 2.05) is 18.2 Å². The number of H-pyrrole nitrogens is 2. The lowest BCUT2D eigenvalue weighted by molar-refractivity contribution is 0.454.